The third-order valence-corrected chi connectivity index (χ3v) is 3.26. The molecule has 0 bridgehead atoms. The number of aromatic nitrogens is 2. The van der Waals surface area contributed by atoms with Crippen molar-refractivity contribution in [2.45, 2.75) is 6.92 Å². The maximum atomic E-state index is 13.9. The molecule has 0 unspecified atom stereocenters. The van der Waals surface area contributed by atoms with Gasteiger partial charge in [0.2, 0.25) is 0 Å². The van der Waals surface area contributed by atoms with Gasteiger partial charge in [-0.15, -0.1) is 0 Å². The number of benzene rings is 2. The van der Waals surface area contributed by atoms with E-state index in [9.17, 15) is 8.78 Å². The van der Waals surface area contributed by atoms with Crippen LogP contribution in [-0.2, 0) is 0 Å². The molecule has 3 aromatic rings. The van der Waals surface area contributed by atoms with E-state index >= 15 is 0 Å². The van der Waals surface area contributed by atoms with E-state index in [1.807, 2.05) is 6.92 Å². The van der Waals surface area contributed by atoms with E-state index in [1.54, 1.807) is 12.1 Å². The van der Waals surface area contributed by atoms with Gasteiger partial charge in [-0.05, 0) is 31.2 Å². The van der Waals surface area contributed by atoms with Crippen LogP contribution in [0.1, 0.15) is 5.56 Å². The molecule has 1 aromatic heterocycles. The average molecular weight is 291 g/mol. The topological polar surface area (TPSA) is 25.8 Å². The zero-order valence-corrected chi connectivity index (χ0v) is 11.2. The zero-order chi connectivity index (χ0) is 14.3. The Bertz CT molecular complexity index is 818. The summed E-state index contributed by atoms with van der Waals surface area (Å²) < 4.78 is 27.1. The zero-order valence-electron chi connectivity index (χ0n) is 10.5. The Balaban J connectivity index is 2.29. The lowest BCUT2D eigenvalue weighted by Gasteiger charge is -2.06. The molecule has 0 saturated heterocycles. The first-order chi connectivity index (χ1) is 9.54. The number of rotatable bonds is 1. The predicted octanol–water partition coefficient (Wildman–Crippen LogP) is 4.54. The molecule has 5 heteroatoms. The molecule has 0 amide bonds. The minimum atomic E-state index is -0.442. The van der Waals surface area contributed by atoms with Crippen molar-refractivity contribution in [1.29, 1.82) is 0 Å². The minimum Gasteiger partial charge on any atom is -0.228 e. The van der Waals surface area contributed by atoms with Crippen LogP contribution in [0.2, 0.25) is 5.15 Å². The van der Waals surface area contributed by atoms with Crippen molar-refractivity contribution in [3.05, 3.63) is 58.7 Å². The van der Waals surface area contributed by atoms with Gasteiger partial charge in [-0.3, -0.25) is 0 Å². The van der Waals surface area contributed by atoms with E-state index in [0.717, 1.165) is 5.56 Å². The van der Waals surface area contributed by atoms with E-state index in [0.29, 0.717) is 10.9 Å². The highest BCUT2D eigenvalue weighted by atomic mass is 35.5. The molecule has 0 radical (unpaired) electrons. The Labute approximate surface area is 119 Å². The van der Waals surface area contributed by atoms with E-state index in [1.165, 1.54) is 24.3 Å². The summed E-state index contributed by atoms with van der Waals surface area (Å²) in [5.41, 5.74) is 1.47. The van der Waals surface area contributed by atoms with Crippen LogP contribution in [-0.4, -0.2) is 9.97 Å². The number of halogens is 3. The van der Waals surface area contributed by atoms with E-state index in [-0.39, 0.29) is 16.5 Å². The van der Waals surface area contributed by atoms with Gasteiger partial charge < -0.3 is 0 Å². The molecule has 0 fully saturated rings. The van der Waals surface area contributed by atoms with Crippen molar-refractivity contribution >= 4 is 22.5 Å². The molecular weight excluding hydrogens is 282 g/mol. The third-order valence-electron chi connectivity index (χ3n) is 2.98. The third kappa shape index (κ3) is 2.23. The predicted molar refractivity (Wildman–Crippen MR) is 74.6 cm³/mol. The first-order valence-corrected chi connectivity index (χ1v) is 6.32. The fourth-order valence-corrected chi connectivity index (χ4v) is 2.23. The molecule has 1 heterocycles. The van der Waals surface area contributed by atoms with Gasteiger partial charge in [0.1, 0.15) is 16.8 Å². The van der Waals surface area contributed by atoms with Crippen molar-refractivity contribution in [2.75, 3.05) is 0 Å². The monoisotopic (exact) mass is 290 g/mol. The van der Waals surface area contributed by atoms with Gasteiger partial charge in [-0.25, -0.2) is 18.7 Å². The maximum Gasteiger partial charge on any atom is 0.164 e. The molecule has 3 rings (SSSR count). The number of fused-ring (bicyclic) bond motifs is 1. The molecule has 2 aromatic carbocycles. The van der Waals surface area contributed by atoms with Gasteiger partial charge in [0, 0.05) is 11.5 Å². The van der Waals surface area contributed by atoms with Gasteiger partial charge in [0.25, 0.3) is 0 Å². The second-order valence-electron chi connectivity index (χ2n) is 4.48. The van der Waals surface area contributed by atoms with Crippen LogP contribution >= 0.6 is 11.6 Å². The standard InChI is InChI=1S/C15H9ClF2N2/c1-8-2-5-12(18)11(6-8)15-19-13-7-9(17)3-4-10(13)14(16)20-15/h2-7H,1H3. The summed E-state index contributed by atoms with van der Waals surface area (Å²) in [6, 6.07) is 8.67. The Kier molecular flexibility index (Phi) is 3.10. The Morgan fingerprint density at radius 1 is 1.00 bits per heavy atom. The summed E-state index contributed by atoms with van der Waals surface area (Å²) in [7, 11) is 0. The molecule has 0 atom stereocenters. The molecule has 100 valence electrons. The second-order valence-corrected chi connectivity index (χ2v) is 4.84. The number of aryl methyl sites for hydroxylation is 1. The van der Waals surface area contributed by atoms with Crippen LogP contribution in [0.3, 0.4) is 0 Å². The van der Waals surface area contributed by atoms with E-state index in [4.69, 9.17) is 11.6 Å². The molecule has 2 nitrogen and oxygen atoms in total. The minimum absolute atomic E-state index is 0.148. The Hall–Kier alpha value is -2.07. The smallest absolute Gasteiger partial charge is 0.164 e. The average Bonchev–Trinajstić information content (AvgIpc) is 2.41. The highest BCUT2D eigenvalue weighted by Crippen LogP contribution is 2.27. The summed E-state index contributed by atoms with van der Waals surface area (Å²) in [5.74, 6) is -0.723. The number of nitrogens with zero attached hydrogens (tertiary/aromatic N) is 2. The van der Waals surface area contributed by atoms with Crippen LogP contribution < -0.4 is 0 Å². The molecule has 0 aliphatic carbocycles. The lowest BCUT2D eigenvalue weighted by atomic mass is 10.1. The Morgan fingerprint density at radius 3 is 2.60 bits per heavy atom. The van der Waals surface area contributed by atoms with Gasteiger partial charge in [-0.1, -0.05) is 23.2 Å². The molecule has 0 aliphatic heterocycles. The van der Waals surface area contributed by atoms with Crippen molar-refractivity contribution in [3.8, 4) is 11.4 Å². The van der Waals surface area contributed by atoms with Crippen LogP contribution in [0.15, 0.2) is 36.4 Å². The fourth-order valence-electron chi connectivity index (χ4n) is 1.99. The quantitative estimate of drug-likeness (QED) is 0.615. The first kappa shape index (κ1) is 12.9. The SMILES string of the molecule is Cc1ccc(F)c(-c2nc(Cl)c3ccc(F)cc3n2)c1. The molecule has 0 N–H and O–H groups in total. The van der Waals surface area contributed by atoms with Crippen molar-refractivity contribution in [2.24, 2.45) is 0 Å². The number of hydrogen-bond donors (Lipinski definition) is 0. The molecule has 0 spiro atoms. The largest absolute Gasteiger partial charge is 0.228 e. The molecular formula is C15H9ClF2N2. The molecule has 0 aliphatic rings. The highest BCUT2D eigenvalue weighted by Gasteiger charge is 2.12. The van der Waals surface area contributed by atoms with Crippen LogP contribution in [0.5, 0.6) is 0 Å². The van der Waals surface area contributed by atoms with Crippen LogP contribution in [0.4, 0.5) is 8.78 Å². The van der Waals surface area contributed by atoms with Crippen LogP contribution in [0, 0.1) is 18.6 Å². The fraction of sp³-hybridized carbons (Fsp3) is 0.0667. The highest BCUT2D eigenvalue weighted by molar-refractivity contribution is 6.34. The summed E-state index contributed by atoms with van der Waals surface area (Å²) in [4.78, 5) is 8.29. The van der Waals surface area contributed by atoms with Crippen LogP contribution in [0.25, 0.3) is 22.3 Å². The van der Waals surface area contributed by atoms with Gasteiger partial charge in [0.05, 0.1) is 11.1 Å². The van der Waals surface area contributed by atoms with Gasteiger partial charge in [-0.2, -0.15) is 0 Å². The lowest BCUT2D eigenvalue weighted by molar-refractivity contribution is 0.629. The van der Waals surface area contributed by atoms with Crippen molar-refractivity contribution in [1.82, 2.24) is 9.97 Å². The van der Waals surface area contributed by atoms with E-state index in [2.05, 4.69) is 9.97 Å². The molecule has 0 saturated carbocycles. The Morgan fingerprint density at radius 2 is 1.80 bits per heavy atom. The summed E-state index contributed by atoms with van der Waals surface area (Å²) in [6.45, 7) is 1.84. The van der Waals surface area contributed by atoms with Crippen molar-refractivity contribution < 1.29 is 8.78 Å². The van der Waals surface area contributed by atoms with Crippen molar-refractivity contribution in [3.63, 3.8) is 0 Å². The number of hydrogen-bond acceptors (Lipinski definition) is 2. The lowest BCUT2D eigenvalue weighted by Crippen LogP contribution is -1.95. The first-order valence-electron chi connectivity index (χ1n) is 5.94. The maximum absolute atomic E-state index is 13.9. The van der Waals surface area contributed by atoms with Gasteiger partial charge in [0.15, 0.2) is 5.82 Å². The second kappa shape index (κ2) is 4.80. The summed E-state index contributed by atoms with van der Waals surface area (Å²) in [6.07, 6.45) is 0. The molecule has 20 heavy (non-hydrogen) atoms. The summed E-state index contributed by atoms with van der Waals surface area (Å²) in [5, 5.41) is 0.704. The summed E-state index contributed by atoms with van der Waals surface area (Å²) >= 11 is 6.06. The van der Waals surface area contributed by atoms with Gasteiger partial charge >= 0.3 is 0 Å². The normalized spacial score (nSPS) is 11.0. The van der Waals surface area contributed by atoms with E-state index < -0.39 is 11.6 Å².